The van der Waals surface area contributed by atoms with E-state index in [1.165, 1.54) is 11.8 Å². The molecule has 0 spiro atoms. The summed E-state index contributed by atoms with van der Waals surface area (Å²) in [5.74, 6) is 0.873. The Hall–Kier alpha value is -1.75. The van der Waals surface area contributed by atoms with Gasteiger partial charge in [0.05, 0.1) is 17.6 Å². The van der Waals surface area contributed by atoms with E-state index in [2.05, 4.69) is 36.3 Å². The van der Waals surface area contributed by atoms with Crippen molar-refractivity contribution in [3.63, 3.8) is 0 Å². The molecule has 118 valence electrons. The van der Waals surface area contributed by atoms with E-state index >= 15 is 0 Å². The van der Waals surface area contributed by atoms with E-state index in [-0.39, 0.29) is 11.9 Å². The number of thioether (sulfide) groups is 1. The molecule has 0 bridgehead atoms. The molecule has 0 saturated heterocycles. The standard InChI is InChI=1S/C17H23N3OS/c1-12(2)13(3)19-16(21)11-22-17-18-10-15(20(17)4)14-8-6-5-7-9-14/h5-10,12-13H,11H2,1-4H3,(H,19,21). The van der Waals surface area contributed by atoms with E-state index in [0.29, 0.717) is 11.7 Å². The smallest absolute Gasteiger partial charge is 0.230 e. The van der Waals surface area contributed by atoms with E-state index in [0.717, 1.165) is 16.4 Å². The molecule has 1 aromatic heterocycles. The molecule has 2 aromatic rings. The summed E-state index contributed by atoms with van der Waals surface area (Å²) in [6.45, 7) is 6.23. The number of carbonyl (C=O) groups is 1. The average Bonchev–Trinajstić information content (AvgIpc) is 2.87. The molecular weight excluding hydrogens is 294 g/mol. The molecule has 0 aliphatic carbocycles. The maximum atomic E-state index is 12.0. The second-order valence-electron chi connectivity index (χ2n) is 5.74. The number of nitrogens with zero attached hydrogens (tertiary/aromatic N) is 2. The number of amides is 1. The molecule has 1 atom stereocenters. The quantitative estimate of drug-likeness (QED) is 0.831. The van der Waals surface area contributed by atoms with Crippen molar-refractivity contribution >= 4 is 17.7 Å². The van der Waals surface area contributed by atoms with Crippen LogP contribution in [0.5, 0.6) is 0 Å². The first-order valence-corrected chi connectivity index (χ1v) is 8.47. The molecule has 1 heterocycles. The predicted octanol–water partition coefficient (Wildman–Crippen LogP) is 3.34. The minimum absolute atomic E-state index is 0.0514. The molecule has 2 rings (SSSR count). The highest BCUT2D eigenvalue weighted by atomic mass is 32.2. The third-order valence-electron chi connectivity index (χ3n) is 3.74. The normalized spacial score (nSPS) is 12.4. The Morgan fingerprint density at radius 3 is 2.59 bits per heavy atom. The molecule has 0 radical (unpaired) electrons. The highest BCUT2D eigenvalue weighted by molar-refractivity contribution is 7.99. The van der Waals surface area contributed by atoms with Crippen molar-refractivity contribution in [1.82, 2.24) is 14.9 Å². The summed E-state index contributed by atoms with van der Waals surface area (Å²) in [6, 6.07) is 10.3. The summed E-state index contributed by atoms with van der Waals surface area (Å²) in [5.41, 5.74) is 2.18. The lowest BCUT2D eigenvalue weighted by atomic mass is 10.1. The lowest BCUT2D eigenvalue weighted by molar-refractivity contribution is -0.119. The number of aromatic nitrogens is 2. The maximum absolute atomic E-state index is 12.0. The van der Waals surface area contributed by atoms with E-state index < -0.39 is 0 Å². The number of hydrogen-bond acceptors (Lipinski definition) is 3. The third-order valence-corrected chi connectivity index (χ3v) is 4.78. The summed E-state index contributed by atoms with van der Waals surface area (Å²) < 4.78 is 2.03. The lowest BCUT2D eigenvalue weighted by Crippen LogP contribution is -2.37. The van der Waals surface area contributed by atoms with Gasteiger partial charge in [-0.15, -0.1) is 0 Å². The van der Waals surface area contributed by atoms with Gasteiger partial charge in [-0.3, -0.25) is 4.79 Å². The van der Waals surface area contributed by atoms with Gasteiger partial charge in [-0.1, -0.05) is 55.9 Å². The highest BCUT2D eigenvalue weighted by Crippen LogP contribution is 2.24. The van der Waals surface area contributed by atoms with Gasteiger partial charge in [0.1, 0.15) is 0 Å². The highest BCUT2D eigenvalue weighted by Gasteiger charge is 2.13. The average molecular weight is 317 g/mol. The first-order valence-electron chi connectivity index (χ1n) is 7.48. The molecule has 1 unspecified atom stereocenters. The van der Waals surface area contributed by atoms with Crippen LogP contribution in [-0.4, -0.2) is 27.3 Å². The Kier molecular flexibility index (Phi) is 5.66. The Balaban J connectivity index is 1.97. The van der Waals surface area contributed by atoms with Crippen LogP contribution in [-0.2, 0) is 11.8 Å². The van der Waals surface area contributed by atoms with Gasteiger partial charge in [0.25, 0.3) is 0 Å². The minimum atomic E-state index is 0.0514. The van der Waals surface area contributed by atoms with Crippen molar-refractivity contribution in [1.29, 1.82) is 0 Å². The van der Waals surface area contributed by atoms with Gasteiger partial charge in [0, 0.05) is 13.1 Å². The van der Waals surface area contributed by atoms with Crippen molar-refractivity contribution in [3.8, 4) is 11.3 Å². The summed E-state index contributed by atoms with van der Waals surface area (Å²) in [5, 5.41) is 3.86. The van der Waals surface area contributed by atoms with Crippen LogP contribution in [0.4, 0.5) is 0 Å². The zero-order valence-electron chi connectivity index (χ0n) is 13.5. The number of imidazole rings is 1. The molecule has 0 saturated carbocycles. The Labute approximate surface area is 136 Å². The molecule has 0 fully saturated rings. The molecule has 4 nitrogen and oxygen atoms in total. The molecule has 0 aliphatic rings. The van der Waals surface area contributed by atoms with Crippen molar-refractivity contribution in [2.24, 2.45) is 13.0 Å². The fourth-order valence-corrected chi connectivity index (χ4v) is 2.76. The van der Waals surface area contributed by atoms with Crippen LogP contribution in [0, 0.1) is 5.92 Å². The SMILES string of the molecule is CC(C)C(C)NC(=O)CSc1ncc(-c2ccccc2)n1C. The Bertz CT molecular complexity index is 622. The minimum Gasteiger partial charge on any atom is -0.353 e. The van der Waals surface area contributed by atoms with Crippen LogP contribution >= 0.6 is 11.8 Å². The molecule has 22 heavy (non-hydrogen) atoms. The third kappa shape index (κ3) is 4.13. The van der Waals surface area contributed by atoms with Crippen molar-refractivity contribution in [2.75, 3.05) is 5.75 Å². The number of rotatable bonds is 6. The Morgan fingerprint density at radius 1 is 1.27 bits per heavy atom. The van der Waals surface area contributed by atoms with Gasteiger partial charge < -0.3 is 9.88 Å². The summed E-state index contributed by atoms with van der Waals surface area (Å²) >= 11 is 1.46. The summed E-state index contributed by atoms with van der Waals surface area (Å²) in [7, 11) is 1.98. The van der Waals surface area contributed by atoms with Gasteiger partial charge in [0.2, 0.25) is 5.91 Å². The largest absolute Gasteiger partial charge is 0.353 e. The second-order valence-corrected chi connectivity index (χ2v) is 6.68. The van der Waals surface area contributed by atoms with Crippen LogP contribution in [0.15, 0.2) is 41.7 Å². The zero-order valence-corrected chi connectivity index (χ0v) is 14.4. The molecule has 0 aliphatic heterocycles. The first kappa shape index (κ1) is 16.6. The van der Waals surface area contributed by atoms with Crippen LogP contribution in [0.3, 0.4) is 0 Å². The van der Waals surface area contributed by atoms with E-state index in [1.54, 1.807) is 0 Å². The zero-order chi connectivity index (χ0) is 16.1. The predicted molar refractivity (Wildman–Crippen MR) is 91.8 cm³/mol. The topological polar surface area (TPSA) is 46.9 Å². The number of carbonyl (C=O) groups excluding carboxylic acids is 1. The van der Waals surface area contributed by atoms with Crippen molar-refractivity contribution < 1.29 is 4.79 Å². The summed E-state index contributed by atoms with van der Waals surface area (Å²) in [4.78, 5) is 16.4. The van der Waals surface area contributed by atoms with Gasteiger partial charge in [-0.25, -0.2) is 4.98 Å². The number of hydrogen-bond donors (Lipinski definition) is 1. The van der Waals surface area contributed by atoms with Crippen LogP contribution in [0.25, 0.3) is 11.3 Å². The van der Waals surface area contributed by atoms with E-state index in [9.17, 15) is 4.79 Å². The van der Waals surface area contributed by atoms with Gasteiger partial charge in [-0.2, -0.15) is 0 Å². The molecule has 1 N–H and O–H groups in total. The van der Waals surface area contributed by atoms with Gasteiger partial charge in [0.15, 0.2) is 5.16 Å². The van der Waals surface area contributed by atoms with Crippen LogP contribution in [0.2, 0.25) is 0 Å². The Morgan fingerprint density at radius 2 is 1.95 bits per heavy atom. The molecule has 1 amide bonds. The lowest BCUT2D eigenvalue weighted by Gasteiger charge is -2.17. The summed E-state index contributed by atoms with van der Waals surface area (Å²) in [6.07, 6.45) is 1.85. The molecular formula is C17H23N3OS. The van der Waals surface area contributed by atoms with Crippen LogP contribution < -0.4 is 5.32 Å². The fourth-order valence-electron chi connectivity index (χ4n) is 2.00. The molecule has 5 heteroatoms. The second kappa shape index (κ2) is 7.49. The number of benzene rings is 1. The van der Waals surface area contributed by atoms with E-state index in [4.69, 9.17) is 0 Å². The van der Waals surface area contributed by atoms with Crippen molar-refractivity contribution in [3.05, 3.63) is 36.5 Å². The molecule has 1 aromatic carbocycles. The number of nitrogens with one attached hydrogen (secondary N) is 1. The monoisotopic (exact) mass is 317 g/mol. The van der Waals surface area contributed by atoms with E-state index in [1.807, 2.05) is 42.9 Å². The fraction of sp³-hybridized carbons (Fsp3) is 0.412. The van der Waals surface area contributed by atoms with Gasteiger partial charge >= 0.3 is 0 Å². The van der Waals surface area contributed by atoms with Crippen LogP contribution in [0.1, 0.15) is 20.8 Å². The van der Waals surface area contributed by atoms with Crippen molar-refractivity contribution in [2.45, 2.75) is 32.0 Å². The maximum Gasteiger partial charge on any atom is 0.230 e. The van der Waals surface area contributed by atoms with Gasteiger partial charge in [-0.05, 0) is 18.4 Å². The first-order chi connectivity index (χ1) is 10.5.